The van der Waals surface area contributed by atoms with Crippen molar-refractivity contribution < 1.29 is 4.39 Å². The fourth-order valence-corrected chi connectivity index (χ4v) is 2.21. The third kappa shape index (κ3) is 7.01. The van der Waals surface area contributed by atoms with Gasteiger partial charge < -0.3 is 5.32 Å². The molecular weight excluding hydrogens is 251 g/mol. The SMILES string of the molecule is CC(C)CNCCCC(C)N(C)Cc1cccc(F)c1. The second-order valence-electron chi connectivity index (χ2n) is 6.13. The van der Waals surface area contributed by atoms with Gasteiger partial charge in [-0.05, 0) is 63.5 Å². The van der Waals surface area contributed by atoms with E-state index in [0.29, 0.717) is 12.0 Å². The van der Waals surface area contributed by atoms with Gasteiger partial charge in [-0.25, -0.2) is 4.39 Å². The van der Waals surface area contributed by atoms with Gasteiger partial charge in [0.05, 0.1) is 0 Å². The Morgan fingerprint density at radius 1 is 1.25 bits per heavy atom. The van der Waals surface area contributed by atoms with E-state index in [0.717, 1.165) is 31.6 Å². The van der Waals surface area contributed by atoms with Crippen molar-refractivity contribution in [1.82, 2.24) is 10.2 Å². The molecule has 2 nitrogen and oxygen atoms in total. The van der Waals surface area contributed by atoms with Gasteiger partial charge in [0.2, 0.25) is 0 Å². The molecule has 0 aliphatic rings. The Morgan fingerprint density at radius 3 is 2.65 bits per heavy atom. The third-order valence-corrected chi connectivity index (χ3v) is 3.60. The first kappa shape index (κ1) is 17.1. The summed E-state index contributed by atoms with van der Waals surface area (Å²) in [5, 5.41) is 3.47. The molecule has 0 spiro atoms. The lowest BCUT2D eigenvalue weighted by Crippen LogP contribution is -2.30. The molecular formula is C17H29FN2. The number of hydrogen-bond acceptors (Lipinski definition) is 2. The maximum absolute atomic E-state index is 13.1. The lowest BCUT2D eigenvalue weighted by Gasteiger charge is -2.25. The molecule has 20 heavy (non-hydrogen) atoms. The van der Waals surface area contributed by atoms with Gasteiger partial charge in [0, 0.05) is 12.6 Å². The largest absolute Gasteiger partial charge is 0.316 e. The van der Waals surface area contributed by atoms with E-state index in [1.54, 1.807) is 12.1 Å². The summed E-state index contributed by atoms with van der Waals surface area (Å²) in [6.07, 6.45) is 2.35. The highest BCUT2D eigenvalue weighted by molar-refractivity contribution is 5.16. The van der Waals surface area contributed by atoms with Crippen LogP contribution in [-0.4, -0.2) is 31.1 Å². The van der Waals surface area contributed by atoms with Gasteiger partial charge >= 0.3 is 0 Å². The summed E-state index contributed by atoms with van der Waals surface area (Å²) in [7, 11) is 2.11. The van der Waals surface area contributed by atoms with Crippen LogP contribution in [0.3, 0.4) is 0 Å². The van der Waals surface area contributed by atoms with Crippen molar-refractivity contribution in [2.45, 2.75) is 46.2 Å². The van der Waals surface area contributed by atoms with E-state index >= 15 is 0 Å². The zero-order valence-electron chi connectivity index (χ0n) is 13.3. The Labute approximate surface area is 123 Å². The van der Waals surface area contributed by atoms with E-state index in [1.165, 1.54) is 12.5 Å². The van der Waals surface area contributed by atoms with E-state index in [2.05, 4.69) is 38.0 Å². The number of rotatable bonds is 9. The summed E-state index contributed by atoms with van der Waals surface area (Å²) in [5.41, 5.74) is 1.04. The third-order valence-electron chi connectivity index (χ3n) is 3.60. The Morgan fingerprint density at radius 2 is 2.00 bits per heavy atom. The first-order valence-electron chi connectivity index (χ1n) is 7.64. The van der Waals surface area contributed by atoms with Gasteiger partial charge in [0.1, 0.15) is 5.82 Å². The molecule has 0 saturated heterocycles. The molecule has 3 heteroatoms. The molecule has 0 aliphatic carbocycles. The minimum Gasteiger partial charge on any atom is -0.316 e. The second kappa shape index (κ2) is 9.09. The highest BCUT2D eigenvalue weighted by Gasteiger charge is 2.09. The Hall–Kier alpha value is -0.930. The Kier molecular flexibility index (Phi) is 7.78. The van der Waals surface area contributed by atoms with Crippen LogP contribution >= 0.6 is 0 Å². The molecule has 0 bridgehead atoms. The van der Waals surface area contributed by atoms with E-state index in [4.69, 9.17) is 0 Å². The second-order valence-corrected chi connectivity index (χ2v) is 6.13. The van der Waals surface area contributed by atoms with E-state index in [-0.39, 0.29) is 5.82 Å². The van der Waals surface area contributed by atoms with Crippen LogP contribution in [0.2, 0.25) is 0 Å². The molecule has 0 heterocycles. The molecule has 114 valence electrons. The van der Waals surface area contributed by atoms with Crippen LogP contribution in [0.15, 0.2) is 24.3 Å². The van der Waals surface area contributed by atoms with Gasteiger partial charge in [-0.2, -0.15) is 0 Å². The van der Waals surface area contributed by atoms with Crippen molar-refractivity contribution >= 4 is 0 Å². The minimum absolute atomic E-state index is 0.151. The molecule has 0 amide bonds. The molecule has 0 aromatic heterocycles. The van der Waals surface area contributed by atoms with Crippen LogP contribution in [0, 0.1) is 11.7 Å². The number of nitrogens with one attached hydrogen (secondary N) is 1. The first-order chi connectivity index (χ1) is 9.49. The molecule has 1 aromatic carbocycles. The summed E-state index contributed by atoms with van der Waals surface area (Å²) in [6, 6.07) is 7.38. The fraction of sp³-hybridized carbons (Fsp3) is 0.647. The summed E-state index contributed by atoms with van der Waals surface area (Å²) < 4.78 is 13.1. The first-order valence-corrected chi connectivity index (χ1v) is 7.64. The number of nitrogens with zero attached hydrogens (tertiary/aromatic N) is 1. The van der Waals surface area contributed by atoms with Crippen LogP contribution in [0.4, 0.5) is 4.39 Å². The van der Waals surface area contributed by atoms with Crippen molar-refractivity contribution in [2.24, 2.45) is 5.92 Å². The van der Waals surface area contributed by atoms with Crippen LogP contribution in [0.5, 0.6) is 0 Å². The highest BCUT2D eigenvalue weighted by atomic mass is 19.1. The maximum atomic E-state index is 13.1. The quantitative estimate of drug-likeness (QED) is 0.694. The molecule has 1 N–H and O–H groups in total. The summed E-state index contributed by atoms with van der Waals surface area (Å²) in [5.74, 6) is 0.560. The molecule has 1 aromatic rings. The smallest absolute Gasteiger partial charge is 0.123 e. The summed E-state index contributed by atoms with van der Waals surface area (Å²) in [4.78, 5) is 2.29. The fourth-order valence-electron chi connectivity index (χ4n) is 2.21. The molecule has 1 rings (SSSR count). The zero-order chi connectivity index (χ0) is 15.0. The zero-order valence-corrected chi connectivity index (χ0v) is 13.3. The van der Waals surface area contributed by atoms with Gasteiger partial charge in [-0.3, -0.25) is 4.90 Å². The van der Waals surface area contributed by atoms with Crippen molar-refractivity contribution in [3.05, 3.63) is 35.6 Å². The summed E-state index contributed by atoms with van der Waals surface area (Å²) >= 11 is 0. The predicted octanol–water partition coefficient (Wildman–Crippen LogP) is 3.67. The van der Waals surface area contributed by atoms with E-state index < -0.39 is 0 Å². The highest BCUT2D eigenvalue weighted by Crippen LogP contribution is 2.11. The molecule has 0 fully saturated rings. The molecule has 1 atom stereocenters. The molecule has 0 saturated carbocycles. The van der Waals surface area contributed by atoms with Crippen LogP contribution in [0.25, 0.3) is 0 Å². The van der Waals surface area contributed by atoms with Gasteiger partial charge in [-0.1, -0.05) is 26.0 Å². The topological polar surface area (TPSA) is 15.3 Å². The number of hydrogen-bond donors (Lipinski definition) is 1. The lowest BCUT2D eigenvalue weighted by molar-refractivity contribution is 0.234. The van der Waals surface area contributed by atoms with Crippen LogP contribution in [0.1, 0.15) is 39.2 Å². The van der Waals surface area contributed by atoms with Crippen molar-refractivity contribution in [3.8, 4) is 0 Å². The van der Waals surface area contributed by atoms with Crippen LogP contribution < -0.4 is 5.32 Å². The lowest BCUT2D eigenvalue weighted by atomic mass is 10.1. The van der Waals surface area contributed by atoms with Crippen molar-refractivity contribution in [3.63, 3.8) is 0 Å². The number of benzene rings is 1. The standard InChI is InChI=1S/C17H29FN2/c1-14(2)12-19-10-6-7-15(3)20(4)13-16-8-5-9-17(18)11-16/h5,8-9,11,14-15,19H,6-7,10,12-13H2,1-4H3. The molecule has 1 unspecified atom stereocenters. The van der Waals surface area contributed by atoms with Crippen molar-refractivity contribution in [2.75, 3.05) is 20.1 Å². The molecule has 0 radical (unpaired) electrons. The van der Waals surface area contributed by atoms with Crippen molar-refractivity contribution in [1.29, 1.82) is 0 Å². The predicted molar refractivity (Wildman–Crippen MR) is 84.3 cm³/mol. The average Bonchev–Trinajstić information content (AvgIpc) is 2.37. The number of halogens is 1. The summed E-state index contributed by atoms with van der Waals surface area (Å²) in [6.45, 7) is 9.66. The van der Waals surface area contributed by atoms with E-state index in [1.807, 2.05) is 6.07 Å². The monoisotopic (exact) mass is 280 g/mol. The maximum Gasteiger partial charge on any atom is 0.123 e. The molecule has 0 aliphatic heterocycles. The normalized spacial score (nSPS) is 13.2. The van der Waals surface area contributed by atoms with Crippen LogP contribution in [-0.2, 0) is 6.54 Å². The van der Waals surface area contributed by atoms with Gasteiger partial charge in [0.15, 0.2) is 0 Å². The average molecular weight is 280 g/mol. The van der Waals surface area contributed by atoms with Gasteiger partial charge in [0.25, 0.3) is 0 Å². The van der Waals surface area contributed by atoms with Gasteiger partial charge in [-0.15, -0.1) is 0 Å². The minimum atomic E-state index is -0.151. The Bertz CT molecular complexity index is 379. The Balaban J connectivity index is 2.23. The van der Waals surface area contributed by atoms with E-state index in [9.17, 15) is 4.39 Å².